The summed E-state index contributed by atoms with van der Waals surface area (Å²) < 4.78 is 25.0. The highest BCUT2D eigenvalue weighted by atomic mass is 35.5. The highest BCUT2D eigenvalue weighted by Gasteiger charge is 2.29. The smallest absolute Gasteiger partial charge is 0.240 e. The van der Waals surface area contributed by atoms with Gasteiger partial charge in [-0.15, -0.1) is 0 Å². The molecule has 1 aliphatic heterocycles. The predicted molar refractivity (Wildman–Crippen MR) is 110 cm³/mol. The van der Waals surface area contributed by atoms with Crippen LogP contribution in [0.5, 0.6) is 0 Å². The van der Waals surface area contributed by atoms with Crippen LogP contribution in [0.25, 0.3) is 22.4 Å². The molecule has 6 nitrogen and oxygen atoms in total. The summed E-state index contributed by atoms with van der Waals surface area (Å²) in [6.45, 7) is -0.00473. The van der Waals surface area contributed by atoms with Crippen molar-refractivity contribution in [2.75, 3.05) is 11.5 Å². The van der Waals surface area contributed by atoms with E-state index in [9.17, 15) is 13.2 Å². The molecular formula is C19H17Cl2N3O3S. The zero-order valence-electron chi connectivity index (χ0n) is 14.7. The van der Waals surface area contributed by atoms with Gasteiger partial charge in [0.2, 0.25) is 5.91 Å². The number of halogens is 2. The van der Waals surface area contributed by atoms with Crippen LogP contribution in [-0.2, 0) is 21.2 Å². The first kappa shape index (κ1) is 19.2. The highest BCUT2D eigenvalue weighted by Crippen LogP contribution is 2.34. The number of sulfone groups is 1. The van der Waals surface area contributed by atoms with Gasteiger partial charge in [0.1, 0.15) is 12.4 Å². The second kappa shape index (κ2) is 7.39. The lowest BCUT2D eigenvalue weighted by atomic mass is 10.2. The first-order chi connectivity index (χ1) is 13.3. The average Bonchev–Trinajstić information content (AvgIpc) is 3.17. The Morgan fingerprint density at radius 2 is 1.96 bits per heavy atom. The summed E-state index contributed by atoms with van der Waals surface area (Å²) in [5.41, 5.74) is 2.13. The molecule has 1 fully saturated rings. The average molecular weight is 438 g/mol. The van der Waals surface area contributed by atoms with E-state index in [4.69, 9.17) is 23.2 Å². The summed E-state index contributed by atoms with van der Waals surface area (Å²) in [5.74, 6) is 0.346. The fourth-order valence-electron chi connectivity index (χ4n) is 3.44. The Morgan fingerprint density at radius 1 is 1.18 bits per heavy atom. The third-order valence-corrected chi connectivity index (χ3v) is 7.33. The number of fused-ring (bicyclic) bond motifs is 1. The maximum Gasteiger partial charge on any atom is 0.240 e. The van der Waals surface area contributed by atoms with Crippen molar-refractivity contribution in [3.63, 3.8) is 0 Å². The Labute approximate surface area is 172 Å². The van der Waals surface area contributed by atoms with Crippen LogP contribution in [0, 0.1) is 0 Å². The van der Waals surface area contributed by atoms with Crippen molar-refractivity contribution in [2.45, 2.75) is 19.0 Å². The van der Waals surface area contributed by atoms with E-state index in [1.165, 1.54) is 0 Å². The van der Waals surface area contributed by atoms with Crippen LogP contribution in [0.2, 0.25) is 10.0 Å². The van der Waals surface area contributed by atoms with Gasteiger partial charge in [-0.2, -0.15) is 0 Å². The molecule has 2 heterocycles. The SMILES string of the molecule is O=C(Cn1c(-c2cccc(Cl)c2Cl)nc2ccccc21)N[C@@H]1CCS(=O)(=O)C1. The van der Waals surface area contributed by atoms with Gasteiger partial charge in [-0.05, 0) is 30.7 Å². The normalized spacial score (nSPS) is 18.4. The summed E-state index contributed by atoms with van der Waals surface area (Å²) in [6, 6.07) is 12.4. The molecule has 1 aromatic heterocycles. The second-order valence-electron chi connectivity index (χ2n) is 6.78. The summed E-state index contributed by atoms with van der Waals surface area (Å²) in [4.78, 5) is 17.3. The standard InChI is InChI=1S/C19H17Cl2N3O3S/c20-14-5-3-4-13(18(14)21)19-23-15-6-1-2-7-16(15)24(19)10-17(25)22-12-8-9-28(26,27)11-12/h1-7,12H,8-11H2,(H,22,25)/t12-/m1/s1. The second-order valence-corrected chi connectivity index (χ2v) is 9.79. The van der Waals surface area contributed by atoms with Gasteiger partial charge < -0.3 is 9.88 Å². The fourth-order valence-corrected chi connectivity index (χ4v) is 5.50. The van der Waals surface area contributed by atoms with Gasteiger partial charge in [0.25, 0.3) is 0 Å². The van der Waals surface area contributed by atoms with Crippen LogP contribution in [0.15, 0.2) is 42.5 Å². The molecule has 146 valence electrons. The van der Waals surface area contributed by atoms with Gasteiger partial charge in [-0.1, -0.05) is 41.4 Å². The molecule has 28 heavy (non-hydrogen) atoms. The van der Waals surface area contributed by atoms with Crippen LogP contribution in [0.3, 0.4) is 0 Å². The molecule has 0 unspecified atom stereocenters. The lowest BCUT2D eigenvalue weighted by Gasteiger charge is -2.14. The van der Waals surface area contributed by atoms with Gasteiger partial charge in [0, 0.05) is 11.6 Å². The lowest BCUT2D eigenvalue weighted by molar-refractivity contribution is -0.122. The molecule has 1 atom stereocenters. The Morgan fingerprint density at radius 3 is 2.71 bits per heavy atom. The maximum absolute atomic E-state index is 12.6. The number of carbonyl (C=O) groups is 1. The molecule has 0 saturated carbocycles. The zero-order chi connectivity index (χ0) is 19.9. The summed E-state index contributed by atoms with van der Waals surface area (Å²) in [6.07, 6.45) is 0.436. The van der Waals surface area contributed by atoms with Gasteiger partial charge in [-0.25, -0.2) is 13.4 Å². The van der Waals surface area contributed by atoms with Crippen molar-refractivity contribution < 1.29 is 13.2 Å². The lowest BCUT2D eigenvalue weighted by Crippen LogP contribution is -2.37. The van der Waals surface area contributed by atoms with E-state index in [0.717, 1.165) is 11.0 Å². The number of carbonyl (C=O) groups excluding carboxylic acids is 1. The van der Waals surface area contributed by atoms with Gasteiger partial charge in [-0.3, -0.25) is 4.79 Å². The minimum atomic E-state index is -3.07. The number of nitrogens with zero attached hydrogens (tertiary/aromatic N) is 2. The van der Waals surface area contributed by atoms with Crippen molar-refractivity contribution in [1.82, 2.24) is 14.9 Å². The van der Waals surface area contributed by atoms with Gasteiger partial charge in [0.05, 0.1) is 32.6 Å². The van der Waals surface area contributed by atoms with Crippen molar-refractivity contribution in [2.24, 2.45) is 0 Å². The molecule has 0 radical (unpaired) electrons. The molecule has 1 N–H and O–H groups in total. The molecule has 1 saturated heterocycles. The first-order valence-corrected chi connectivity index (χ1v) is 11.3. The molecule has 9 heteroatoms. The Balaban J connectivity index is 1.70. The maximum atomic E-state index is 12.6. The number of nitrogens with one attached hydrogen (secondary N) is 1. The zero-order valence-corrected chi connectivity index (χ0v) is 17.1. The van der Waals surface area contributed by atoms with E-state index in [2.05, 4.69) is 10.3 Å². The molecule has 1 aliphatic rings. The molecule has 2 aromatic carbocycles. The van der Waals surface area contributed by atoms with E-state index in [-0.39, 0.29) is 30.0 Å². The van der Waals surface area contributed by atoms with E-state index in [1.54, 1.807) is 22.8 Å². The number of imidazole rings is 1. The number of benzene rings is 2. The molecular weight excluding hydrogens is 421 g/mol. The fraction of sp³-hybridized carbons (Fsp3) is 0.263. The summed E-state index contributed by atoms with van der Waals surface area (Å²) in [7, 11) is -3.07. The number of rotatable bonds is 4. The highest BCUT2D eigenvalue weighted by molar-refractivity contribution is 7.91. The molecule has 3 aromatic rings. The molecule has 0 aliphatic carbocycles. The van der Waals surface area contributed by atoms with E-state index >= 15 is 0 Å². The van der Waals surface area contributed by atoms with Crippen LogP contribution >= 0.6 is 23.2 Å². The van der Waals surface area contributed by atoms with Crippen molar-refractivity contribution in [3.05, 3.63) is 52.5 Å². The third kappa shape index (κ3) is 3.74. The van der Waals surface area contributed by atoms with Gasteiger partial charge >= 0.3 is 0 Å². The molecule has 0 bridgehead atoms. The minimum absolute atomic E-state index is 0.00473. The van der Waals surface area contributed by atoms with Crippen molar-refractivity contribution in [1.29, 1.82) is 0 Å². The van der Waals surface area contributed by atoms with Crippen molar-refractivity contribution in [3.8, 4) is 11.4 Å². The quantitative estimate of drug-likeness (QED) is 0.678. The topological polar surface area (TPSA) is 81.1 Å². The van der Waals surface area contributed by atoms with E-state index in [0.29, 0.717) is 27.9 Å². The minimum Gasteiger partial charge on any atom is -0.351 e. The Hall–Kier alpha value is -2.09. The monoisotopic (exact) mass is 437 g/mol. The molecule has 4 rings (SSSR count). The van der Waals surface area contributed by atoms with Gasteiger partial charge in [0.15, 0.2) is 9.84 Å². The van der Waals surface area contributed by atoms with Crippen molar-refractivity contribution >= 4 is 50.0 Å². The van der Waals surface area contributed by atoms with Crippen LogP contribution < -0.4 is 5.32 Å². The number of amides is 1. The Bertz CT molecular complexity index is 1170. The molecule has 1 amide bonds. The van der Waals surface area contributed by atoms with E-state index < -0.39 is 9.84 Å². The first-order valence-electron chi connectivity index (χ1n) is 8.73. The predicted octanol–water partition coefficient (Wildman–Crippen LogP) is 3.31. The number of hydrogen-bond donors (Lipinski definition) is 1. The van der Waals surface area contributed by atoms with Crippen LogP contribution in [0.4, 0.5) is 0 Å². The number of hydrogen-bond acceptors (Lipinski definition) is 4. The van der Waals surface area contributed by atoms with Crippen LogP contribution in [0.1, 0.15) is 6.42 Å². The number of aromatic nitrogens is 2. The largest absolute Gasteiger partial charge is 0.351 e. The summed E-state index contributed by atoms with van der Waals surface area (Å²) in [5, 5.41) is 3.58. The Kier molecular flexibility index (Phi) is 5.07. The number of para-hydroxylation sites is 2. The van der Waals surface area contributed by atoms with E-state index in [1.807, 2.05) is 24.3 Å². The molecule has 0 spiro atoms. The van der Waals surface area contributed by atoms with Crippen LogP contribution in [-0.4, -0.2) is 41.4 Å². The third-order valence-electron chi connectivity index (χ3n) is 4.75. The summed E-state index contributed by atoms with van der Waals surface area (Å²) >= 11 is 12.5.